The van der Waals surface area contributed by atoms with Crippen LogP contribution in [0.15, 0.2) is 42.5 Å². The maximum Gasteiger partial charge on any atom is 0.161 e. The monoisotopic (exact) mass is 319 g/mol. The minimum atomic E-state index is 0.428. The van der Waals surface area contributed by atoms with Crippen LogP contribution < -0.4 is 14.8 Å². The molecule has 0 bridgehead atoms. The van der Waals surface area contributed by atoms with Crippen LogP contribution >= 0.6 is 11.6 Å². The molecular formula is C18H22ClNO2. The highest BCUT2D eigenvalue weighted by molar-refractivity contribution is 6.30. The Hall–Kier alpha value is -1.71. The van der Waals surface area contributed by atoms with Gasteiger partial charge in [-0.3, -0.25) is 0 Å². The van der Waals surface area contributed by atoms with Crippen molar-refractivity contribution in [1.82, 2.24) is 5.32 Å². The predicted molar refractivity (Wildman–Crippen MR) is 91.1 cm³/mol. The zero-order valence-electron chi connectivity index (χ0n) is 13.2. The Morgan fingerprint density at radius 1 is 1.00 bits per heavy atom. The highest BCUT2D eigenvalue weighted by atomic mass is 35.5. The molecule has 0 amide bonds. The molecule has 2 aromatic rings. The van der Waals surface area contributed by atoms with E-state index in [1.165, 1.54) is 11.1 Å². The third kappa shape index (κ3) is 4.39. The fraction of sp³-hybridized carbons (Fsp3) is 0.333. The van der Waals surface area contributed by atoms with Gasteiger partial charge in [0.15, 0.2) is 11.5 Å². The highest BCUT2D eigenvalue weighted by Crippen LogP contribution is 2.27. The lowest BCUT2D eigenvalue weighted by atomic mass is 10.0. The molecule has 1 atom stereocenters. The first kappa shape index (κ1) is 16.7. The molecule has 0 spiro atoms. The van der Waals surface area contributed by atoms with Crippen molar-refractivity contribution in [1.29, 1.82) is 0 Å². The summed E-state index contributed by atoms with van der Waals surface area (Å²) in [6.07, 6.45) is 0. The van der Waals surface area contributed by atoms with Crippen LogP contribution in [0.2, 0.25) is 5.02 Å². The third-order valence-electron chi connectivity index (χ3n) is 3.67. The van der Waals surface area contributed by atoms with Crippen molar-refractivity contribution >= 4 is 11.6 Å². The number of rotatable bonds is 7. The molecule has 0 radical (unpaired) electrons. The topological polar surface area (TPSA) is 30.5 Å². The smallest absolute Gasteiger partial charge is 0.161 e. The molecule has 3 nitrogen and oxygen atoms in total. The molecule has 0 saturated heterocycles. The van der Waals surface area contributed by atoms with Gasteiger partial charge in [-0.25, -0.2) is 0 Å². The van der Waals surface area contributed by atoms with E-state index < -0.39 is 0 Å². The second kappa shape index (κ2) is 8.06. The number of nitrogens with one attached hydrogen (secondary N) is 1. The summed E-state index contributed by atoms with van der Waals surface area (Å²) in [5.74, 6) is 1.94. The summed E-state index contributed by atoms with van der Waals surface area (Å²) in [6, 6.07) is 14.0. The van der Waals surface area contributed by atoms with Gasteiger partial charge in [0.25, 0.3) is 0 Å². The van der Waals surface area contributed by atoms with E-state index in [4.69, 9.17) is 21.1 Å². The van der Waals surface area contributed by atoms with Crippen LogP contribution in [-0.4, -0.2) is 20.8 Å². The quantitative estimate of drug-likeness (QED) is 0.827. The Morgan fingerprint density at radius 3 is 2.32 bits per heavy atom. The van der Waals surface area contributed by atoms with E-state index in [2.05, 4.69) is 24.4 Å². The second-order valence-electron chi connectivity index (χ2n) is 5.27. The minimum Gasteiger partial charge on any atom is -0.493 e. The fourth-order valence-corrected chi connectivity index (χ4v) is 2.46. The van der Waals surface area contributed by atoms with Crippen molar-refractivity contribution in [2.75, 3.05) is 20.8 Å². The molecule has 0 saturated carbocycles. The Kier molecular flexibility index (Phi) is 6.10. The van der Waals surface area contributed by atoms with Crippen LogP contribution in [0.3, 0.4) is 0 Å². The van der Waals surface area contributed by atoms with Crippen LogP contribution in [0.1, 0.15) is 24.0 Å². The van der Waals surface area contributed by atoms with Gasteiger partial charge in [-0.1, -0.05) is 36.7 Å². The van der Waals surface area contributed by atoms with Crippen molar-refractivity contribution in [2.24, 2.45) is 0 Å². The first-order valence-corrected chi connectivity index (χ1v) is 7.69. The molecular weight excluding hydrogens is 298 g/mol. The minimum absolute atomic E-state index is 0.428. The lowest BCUT2D eigenvalue weighted by molar-refractivity contribution is 0.354. The first-order chi connectivity index (χ1) is 10.6. The summed E-state index contributed by atoms with van der Waals surface area (Å²) in [4.78, 5) is 0. The predicted octanol–water partition coefficient (Wildman–Crippen LogP) is 4.25. The van der Waals surface area contributed by atoms with E-state index in [9.17, 15) is 0 Å². The zero-order valence-corrected chi connectivity index (χ0v) is 14.0. The van der Waals surface area contributed by atoms with Gasteiger partial charge in [0.2, 0.25) is 0 Å². The van der Waals surface area contributed by atoms with Gasteiger partial charge in [0, 0.05) is 18.1 Å². The second-order valence-corrected chi connectivity index (χ2v) is 5.71. The van der Waals surface area contributed by atoms with Crippen molar-refractivity contribution in [3.8, 4) is 11.5 Å². The number of ether oxygens (including phenoxy) is 2. The lowest BCUT2D eigenvalue weighted by Gasteiger charge is -2.14. The number of hydrogen-bond donors (Lipinski definition) is 1. The Bertz CT molecular complexity index is 599. The van der Waals surface area contributed by atoms with E-state index in [1.54, 1.807) is 14.2 Å². The average Bonchev–Trinajstić information content (AvgIpc) is 2.55. The van der Waals surface area contributed by atoms with E-state index in [0.29, 0.717) is 5.92 Å². The Labute approximate surface area is 137 Å². The standard InChI is InChI=1S/C18H22ClNO2/c1-13(15-5-7-16(19)8-6-15)11-20-12-14-4-9-17(21-2)18(10-14)22-3/h4-10,13,20H,11-12H2,1-3H3/t13-/m0/s1. The number of benzene rings is 2. The van der Waals surface area contributed by atoms with Crippen LogP contribution in [0, 0.1) is 0 Å². The van der Waals surface area contributed by atoms with Crippen LogP contribution in [0.25, 0.3) is 0 Å². The molecule has 118 valence electrons. The van der Waals surface area contributed by atoms with Gasteiger partial charge < -0.3 is 14.8 Å². The van der Waals surface area contributed by atoms with Gasteiger partial charge in [-0.15, -0.1) is 0 Å². The van der Waals surface area contributed by atoms with Gasteiger partial charge >= 0.3 is 0 Å². The number of hydrogen-bond acceptors (Lipinski definition) is 3. The average molecular weight is 320 g/mol. The molecule has 0 unspecified atom stereocenters. The molecule has 0 aliphatic carbocycles. The summed E-state index contributed by atoms with van der Waals surface area (Å²) in [6.45, 7) is 3.89. The molecule has 0 heterocycles. The SMILES string of the molecule is COc1ccc(CNC[C@H](C)c2ccc(Cl)cc2)cc1OC. The molecule has 0 aromatic heterocycles. The summed E-state index contributed by atoms with van der Waals surface area (Å²) in [7, 11) is 3.29. The molecule has 22 heavy (non-hydrogen) atoms. The number of halogens is 1. The molecule has 0 fully saturated rings. The van der Waals surface area contributed by atoms with Gasteiger partial charge in [-0.2, -0.15) is 0 Å². The maximum absolute atomic E-state index is 5.92. The molecule has 0 aliphatic rings. The van der Waals surface area contributed by atoms with Crippen LogP contribution in [-0.2, 0) is 6.54 Å². The zero-order chi connectivity index (χ0) is 15.9. The fourth-order valence-electron chi connectivity index (χ4n) is 2.33. The molecule has 4 heteroatoms. The number of methoxy groups -OCH3 is 2. The van der Waals surface area contributed by atoms with Gasteiger partial charge in [-0.05, 0) is 41.3 Å². The maximum atomic E-state index is 5.92. The lowest BCUT2D eigenvalue weighted by Crippen LogP contribution is -2.19. The van der Waals surface area contributed by atoms with E-state index in [1.807, 2.05) is 30.3 Å². The summed E-state index contributed by atoms with van der Waals surface area (Å²) in [5, 5.41) is 4.25. The summed E-state index contributed by atoms with van der Waals surface area (Å²) >= 11 is 5.92. The Balaban J connectivity index is 1.89. The summed E-state index contributed by atoms with van der Waals surface area (Å²) < 4.78 is 10.6. The largest absolute Gasteiger partial charge is 0.493 e. The van der Waals surface area contributed by atoms with Crippen molar-refractivity contribution < 1.29 is 9.47 Å². The van der Waals surface area contributed by atoms with E-state index in [0.717, 1.165) is 29.6 Å². The first-order valence-electron chi connectivity index (χ1n) is 7.31. The highest BCUT2D eigenvalue weighted by Gasteiger charge is 2.07. The van der Waals surface area contributed by atoms with Crippen LogP contribution in [0.4, 0.5) is 0 Å². The molecule has 0 aliphatic heterocycles. The molecule has 1 N–H and O–H groups in total. The summed E-state index contributed by atoms with van der Waals surface area (Å²) in [5.41, 5.74) is 2.45. The normalized spacial score (nSPS) is 12.0. The van der Waals surface area contributed by atoms with Crippen molar-refractivity contribution in [2.45, 2.75) is 19.4 Å². The van der Waals surface area contributed by atoms with Crippen molar-refractivity contribution in [3.63, 3.8) is 0 Å². The van der Waals surface area contributed by atoms with Crippen molar-refractivity contribution in [3.05, 3.63) is 58.6 Å². The van der Waals surface area contributed by atoms with Gasteiger partial charge in [0.05, 0.1) is 14.2 Å². The van der Waals surface area contributed by atoms with Gasteiger partial charge in [0.1, 0.15) is 0 Å². The molecule has 2 aromatic carbocycles. The van der Waals surface area contributed by atoms with E-state index in [-0.39, 0.29) is 0 Å². The Morgan fingerprint density at radius 2 is 1.68 bits per heavy atom. The van der Waals surface area contributed by atoms with Crippen LogP contribution in [0.5, 0.6) is 11.5 Å². The molecule has 2 rings (SSSR count). The van der Waals surface area contributed by atoms with E-state index >= 15 is 0 Å². The third-order valence-corrected chi connectivity index (χ3v) is 3.92.